The van der Waals surface area contributed by atoms with Gasteiger partial charge in [-0.25, -0.2) is 0 Å². The Bertz CT molecular complexity index is 1670. The molecular formula is C42H61N3O3. The van der Waals surface area contributed by atoms with E-state index < -0.39 is 0 Å². The lowest BCUT2D eigenvalue weighted by Gasteiger charge is -2.13. The zero-order chi connectivity index (χ0) is 33.9. The summed E-state index contributed by atoms with van der Waals surface area (Å²) in [6.07, 6.45) is 21.5. The molecule has 5 rings (SSSR count). The second-order valence-electron chi connectivity index (χ2n) is 12.8. The highest BCUT2D eigenvalue weighted by molar-refractivity contribution is 5.81. The summed E-state index contributed by atoms with van der Waals surface area (Å²) in [7, 11) is 0. The number of fused-ring (bicyclic) bond motifs is 2. The minimum absolute atomic E-state index is 0. The van der Waals surface area contributed by atoms with E-state index in [1.807, 2.05) is 56.3 Å². The van der Waals surface area contributed by atoms with E-state index in [1.54, 1.807) is 10.6 Å². The van der Waals surface area contributed by atoms with Crippen LogP contribution in [-0.2, 0) is 17.6 Å². The van der Waals surface area contributed by atoms with E-state index in [9.17, 15) is 14.9 Å². The molecule has 1 saturated heterocycles. The minimum Gasteiger partial charge on any atom is -0.381 e. The second kappa shape index (κ2) is 22.8. The number of aryl methyl sites for hydroxylation is 1. The van der Waals surface area contributed by atoms with Crippen molar-refractivity contribution in [2.24, 2.45) is 0 Å². The summed E-state index contributed by atoms with van der Waals surface area (Å²) in [5.41, 5.74) is 5.52. The number of benzene rings is 2. The fourth-order valence-electron chi connectivity index (χ4n) is 6.22. The number of para-hydroxylation sites is 2. The molecule has 48 heavy (non-hydrogen) atoms. The molecule has 0 unspecified atom stereocenters. The van der Waals surface area contributed by atoms with Gasteiger partial charge in [-0.3, -0.25) is 14.2 Å². The molecule has 0 amide bonds. The van der Waals surface area contributed by atoms with Crippen molar-refractivity contribution in [3.8, 4) is 6.19 Å². The fourth-order valence-corrected chi connectivity index (χ4v) is 6.22. The van der Waals surface area contributed by atoms with Crippen LogP contribution >= 0.6 is 0 Å². The fraction of sp³-hybridized carbons (Fsp3) is 0.548. The van der Waals surface area contributed by atoms with Gasteiger partial charge in [0.2, 0.25) is 0 Å². The van der Waals surface area contributed by atoms with E-state index in [1.165, 1.54) is 77.0 Å². The van der Waals surface area contributed by atoms with Gasteiger partial charge in [0, 0.05) is 52.0 Å². The molecule has 1 fully saturated rings. The molecule has 2 aromatic heterocycles. The number of hydrogen-bond donors (Lipinski definition) is 1. The zero-order valence-electron chi connectivity index (χ0n) is 29.5. The maximum Gasteiger partial charge on any atom is 0.192 e. The Morgan fingerprint density at radius 2 is 1.23 bits per heavy atom. The lowest BCUT2D eigenvalue weighted by Crippen LogP contribution is -2.16. The third-order valence-electron chi connectivity index (χ3n) is 9.16. The second-order valence-corrected chi connectivity index (χ2v) is 12.8. The first-order chi connectivity index (χ1) is 22.9. The number of hydrogen-bond acceptors (Lipinski definition) is 4. The van der Waals surface area contributed by atoms with Crippen LogP contribution in [0.15, 0.2) is 58.1 Å². The average molecular weight is 656 g/mol. The summed E-state index contributed by atoms with van der Waals surface area (Å²) in [6, 6.07) is 15.2. The molecule has 3 heterocycles. The van der Waals surface area contributed by atoms with Gasteiger partial charge in [-0.15, -0.1) is 0 Å². The number of H-pyrrole nitrogens is 1. The molecule has 1 aliphatic heterocycles. The summed E-state index contributed by atoms with van der Waals surface area (Å²) in [5, 5.41) is 11.0. The number of rotatable bonds is 14. The predicted molar refractivity (Wildman–Crippen MR) is 204 cm³/mol. The Kier molecular flexibility index (Phi) is 19.2. The van der Waals surface area contributed by atoms with Crippen LogP contribution in [0.3, 0.4) is 0 Å². The van der Waals surface area contributed by atoms with Crippen molar-refractivity contribution >= 4 is 21.8 Å². The van der Waals surface area contributed by atoms with E-state index in [2.05, 4.69) is 25.0 Å². The quantitative estimate of drug-likeness (QED) is 0.137. The molecular weight excluding hydrogens is 594 g/mol. The number of aromatic amines is 1. The first-order valence-corrected chi connectivity index (χ1v) is 18.2. The number of nitriles is 1. The zero-order valence-corrected chi connectivity index (χ0v) is 29.5. The largest absolute Gasteiger partial charge is 0.381 e. The van der Waals surface area contributed by atoms with Crippen LogP contribution in [0.5, 0.6) is 0 Å². The molecule has 1 aliphatic rings. The van der Waals surface area contributed by atoms with Gasteiger partial charge in [0.25, 0.3) is 0 Å². The van der Waals surface area contributed by atoms with Crippen molar-refractivity contribution in [2.45, 2.75) is 138 Å². The van der Waals surface area contributed by atoms with Crippen LogP contribution in [0, 0.1) is 25.3 Å². The van der Waals surface area contributed by atoms with Gasteiger partial charge in [0.1, 0.15) is 0 Å². The van der Waals surface area contributed by atoms with Gasteiger partial charge in [-0.2, -0.15) is 5.26 Å². The molecule has 0 radical (unpaired) electrons. The third kappa shape index (κ3) is 12.1. The molecule has 6 nitrogen and oxygen atoms in total. The van der Waals surface area contributed by atoms with Gasteiger partial charge >= 0.3 is 0 Å². The maximum absolute atomic E-state index is 12.5. The molecule has 6 heteroatoms. The normalized spacial score (nSPS) is 12.1. The predicted octanol–water partition coefficient (Wildman–Crippen LogP) is 10.7. The number of nitrogens with zero attached hydrogens (tertiary/aromatic N) is 2. The molecule has 0 aliphatic carbocycles. The van der Waals surface area contributed by atoms with Crippen LogP contribution in [0.2, 0.25) is 0 Å². The van der Waals surface area contributed by atoms with Gasteiger partial charge in [0.15, 0.2) is 17.1 Å². The van der Waals surface area contributed by atoms with Crippen molar-refractivity contribution in [3.05, 3.63) is 91.5 Å². The molecule has 0 saturated carbocycles. The SMILES string of the molecule is C.C1CCOC1.CCCCCCCCc1[nH]c2ccccc2c(=O)c1C.CCCCCCCCc1c(C)c(=O)c2ccccc2n1C#N. The Morgan fingerprint density at radius 3 is 1.81 bits per heavy atom. The summed E-state index contributed by atoms with van der Waals surface area (Å²) in [5.74, 6) is 0. The van der Waals surface area contributed by atoms with Crippen LogP contribution in [0.25, 0.3) is 21.8 Å². The molecule has 4 aromatic rings. The van der Waals surface area contributed by atoms with Crippen molar-refractivity contribution in [2.75, 3.05) is 13.2 Å². The maximum atomic E-state index is 12.5. The summed E-state index contributed by atoms with van der Waals surface area (Å²) in [6.45, 7) is 10.2. The van der Waals surface area contributed by atoms with Crippen molar-refractivity contribution in [1.82, 2.24) is 9.55 Å². The molecule has 0 spiro atoms. The minimum atomic E-state index is 0. The number of nitrogens with one attached hydrogen (secondary N) is 1. The van der Waals surface area contributed by atoms with Crippen LogP contribution in [0.1, 0.15) is 134 Å². The monoisotopic (exact) mass is 655 g/mol. The Morgan fingerprint density at radius 1 is 0.708 bits per heavy atom. The summed E-state index contributed by atoms with van der Waals surface area (Å²) in [4.78, 5) is 28.2. The van der Waals surface area contributed by atoms with E-state index in [4.69, 9.17) is 4.74 Å². The van der Waals surface area contributed by atoms with Crippen molar-refractivity contribution in [3.63, 3.8) is 0 Å². The third-order valence-corrected chi connectivity index (χ3v) is 9.16. The number of ether oxygens (including phenoxy) is 1. The Labute approximate surface area is 289 Å². The lowest BCUT2D eigenvalue weighted by atomic mass is 10.0. The molecule has 1 N–H and O–H groups in total. The van der Waals surface area contributed by atoms with Crippen LogP contribution < -0.4 is 10.9 Å². The molecule has 0 bridgehead atoms. The Hall–Kier alpha value is -3.69. The molecule has 0 atom stereocenters. The van der Waals surface area contributed by atoms with E-state index in [0.29, 0.717) is 10.9 Å². The smallest absolute Gasteiger partial charge is 0.192 e. The van der Waals surface area contributed by atoms with Gasteiger partial charge < -0.3 is 9.72 Å². The highest BCUT2D eigenvalue weighted by Gasteiger charge is 2.13. The number of aromatic nitrogens is 2. The van der Waals surface area contributed by atoms with Gasteiger partial charge in [-0.05, 0) is 76.6 Å². The van der Waals surface area contributed by atoms with E-state index in [-0.39, 0.29) is 18.3 Å². The van der Waals surface area contributed by atoms with Gasteiger partial charge in [0.05, 0.1) is 5.52 Å². The first kappa shape index (κ1) is 40.5. The average Bonchev–Trinajstić information content (AvgIpc) is 3.70. The molecule has 262 valence electrons. The summed E-state index contributed by atoms with van der Waals surface area (Å²) < 4.78 is 6.58. The van der Waals surface area contributed by atoms with Crippen LogP contribution in [-0.4, -0.2) is 22.8 Å². The van der Waals surface area contributed by atoms with Crippen molar-refractivity contribution in [1.29, 1.82) is 5.26 Å². The van der Waals surface area contributed by atoms with E-state index >= 15 is 0 Å². The molecule has 2 aromatic carbocycles. The summed E-state index contributed by atoms with van der Waals surface area (Å²) >= 11 is 0. The first-order valence-electron chi connectivity index (χ1n) is 18.2. The highest BCUT2D eigenvalue weighted by Crippen LogP contribution is 2.18. The Balaban J connectivity index is 0.000000286. The van der Waals surface area contributed by atoms with Crippen molar-refractivity contribution < 1.29 is 4.74 Å². The number of pyridine rings is 2. The standard InChI is InChI=1S/C19H24N2O.C18H25NO.C4H8O.CH4/c1-3-4-5-6-7-8-12-17-15(2)19(22)16-11-9-10-13-18(16)21(17)14-20;1-3-4-5-6-7-8-12-16-14(2)18(20)15-11-9-10-13-17(15)19-16;1-2-4-5-3-1;/h9-11,13H,3-8,12H2,1-2H3;9-11,13H,3-8,12H2,1-2H3,(H,19,20);1-4H2;1H4. The van der Waals surface area contributed by atoms with Gasteiger partial charge in [-0.1, -0.05) is 110 Å². The lowest BCUT2D eigenvalue weighted by molar-refractivity contribution is 0.198. The topological polar surface area (TPSA) is 87.9 Å². The highest BCUT2D eigenvalue weighted by atomic mass is 16.5. The van der Waals surface area contributed by atoms with Crippen LogP contribution in [0.4, 0.5) is 0 Å². The van der Waals surface area contributed by atoms with E-state index in [0.717, 1.165) is 72.3 Å². The number of unbranched alkanes of at least 4 members (excludes halogenated alkanes) is 10.